The Hall–Kier alpha value is -2.15. The van der Waals surface area contributed by atoms with Gasteiger partial charge in [0.2, 0.25) is 0 Å². The van der Waals surface area contributed by atoms with Gasteiger partial charge in [0.05, 0.1) is 31.8 Å². The summed E-state index contributed by atoms with van der Waals surface area (Å²) in [6.07, 6.45) is 5.72. The van der Waals surface area contributed by atoms with Gasteiger partial charge in [0.15, 0.2) is 0 Å². The molecule has 2 aromatic carbocycles. The molecule has 2 heterocycles. The van der Waals surface area contributed by atoms with Crippen LogP contribution in [-0.4, -0.2) is 41.9 Å². The van der Waals surface area contributed by atoms with Gasteiger partial charge in [-0.15, -0.1) is 0 Å². The van der Waals surface area contributed by atoms with Crippen LogP contribution >= 0.6 is 0 Å². The van der Waals surface area contributed by atoms with Crippen LogP contribution in [0.1, 0.15) is 43.2 Å². The van der Waals surface area contributed by atoms with Crippen LogP contribution in [0.2, 0.25) is 0 Å². The van der Waals surface area contributed by atoms with E-state index in [2.05, 4.69) is 37.4 Å². The normalized spacial score (nSPS) is 29.4. The van der Waals surface area contributed by atoms with Crippen molar-refractivity contribution in [3.05, 3.63) is 71.8 Å². The molecule has 2 aliphatic heterocycles. The lowest BCUT2D eigenvalue weighted by molar-refractivity contribution is -0.949. The SMILES string of the molecule is C[N+]1(CCO)[C@@H]2CC[C@H]1CC(CC(C#N)(c1ccccc1)c1ccccc1)C2. The number of piperidine rings is 1. The van der Waals surface area contributed by atoms with Gasteiger partial charge in [0.25, 0.3) is 0 Å². The van der Waals surface area contributed by atoms with Gasteiger partial charge in [-0.2, -0.15) is 5.26 Å². The number of rotatable bonds is 6. The number of fused-ring (bicyclic) bond motifs is 2. The second kappa shape index (κ2) is 7.70. The van der Waals surface area contributed by atoms with Crippen molar-refractivity contribution in [3.8, 4) is 6.07 Å². The largest absolute Gasteiger partial charge is 0.391 e. The van der Waals surface area contributed by atoms with Crippen molar-refractivity contribution in [1.82, 2.24) is 0 Å². The Labute approximate surface area is 168 Å². The highest BCUT2D eigenvalue weighted by Crippen LogP contribution is 2.48. The van der Waals surface area contributed by atoms with Gasteiger partial charge in [-0.25, -0.2) is 0 Å². The molecular weight excluding hydrogens is 344 g/mol. The summed E-state index contributed by atoms with van der Waals surface area (Å²) in [5.74, 6) is 0.544. The number of aliphatic hydroxyl groups is 1. The molecule has 2 aromatic rings. The molecule has 0 amide bonds. The standard InChI is InChI=1S/C25H31N2O/c1-27(14-15-28)23-12-13-24(27)17-20(16-23)18-25(19-26,21-8-4-2-5-9-21)22-10-6-3-7-11-22/h2-11,20,23-24,28H,12-18H2,1H3/q+1/t20?,23-,24+,27?. The highest BCUT2D eigenvalue weighted by molar-refractivity contribution is 5.45. The Morgan fingerprint density at radius 3 is 1.89 bits per heavy atom. The van der Waals surface area contributed by atoms with E-state index in [-0.39, 0.29) is 6.61 Å². The Morgan fingerprint density at radius 2 is 1.46 bits per heavy atom. The molecule has 2 aliphatic rings. The maximum Gasteiger partial charge on any atom is 0.107 e. The first-order valence-corrected chi connectivity index (χ1v) is 10.6. The third kappa shape index (κ3) is 3.15. The zero-order chi connectivity index (χ0) is 19.6. The fourth-order valence-corrected chi connectivity index (χ4v) is 6.06. The Bertz CT molecular complexity index is 773. The van der Waals surface area contributed by atoms with Crippen LogP contribution in [0.25, 0.3) is 0 Å². The van der Waals surface area contributed by atoms with E-state index in [1.807, 2.05) is 36.4 Å². The number of nitrogens with zero attached hydrogens (tertiary/aromatic N) is 2. The van der Waals surface area contributed by atoms with Gasteiger partial charge in [0, 0.05) is 25.7 Å². The van der Waals surface area contributed by atoms with Crippen molar-refractivity contribution >= 4 is 0 Å². The Morgan fingerprint density at radius 1 is 0.964 bits per heavy atom. The molecule has 2 fully saturated rings. The summed E-state index contributed by atoms with van der Waals surface area (Å²) in [6, 6.07) is 24.7. The molecule has 0 radical (unpaired) electrons. The van der Waals surface area contributed by atoms with Crippen LogP contribution in [0.4, 0.5) is 0 Å². The average molecular weight is 376 g/mol. The lowest BCUT2D eigenvalue weighted by Crippen LogP contribution is -2.59. The molecule has 2 unspecified atom stereocenters. The molecule has 3 nitrogen and oxygen atoms in total. The minimum atomic E-state index is -0.593. The number of likely N-dealkylation sites (N-methyl/N-ethyl adjacent to an activating group) is 1. The van der Waals surface area contributed by atoms with Crippen LogP contribution in [0.15, 0.2) is 60.7 Å². The molecular formula is C25H31N2O+. The van der Waals surface area contributed by atoms with Gasteiger partial charge >= 0.3 is 0 Å². The first-order valence-electron chi connectivity index (χ1n) is 10.6. The number of aliphatic hydroxyl groups excluding tert-OH is 1. The van der Waals surface area contributed by atoms with E-state index in [9.17, 15) is 10.4 Å². The van der Waals surface area contributed by atoms with E-state index in [4.69, 9.17) is 0 Å². The van der Waals surface area contributed by atoms with Gasteiger partial charge in [-0.05, 0) is 23.5 Å². The van der Waals surface area contributed by atoms with E-state index in [0.29, 0.717) is 18.0 Å². The van der Waals surface area contributed by atoms with Crippen LogP contribution in [0.3, 0.4) is 0 Å². The first kappa shape index (κ1) is 19.2. The molecule has 28 heavy (non-hydrogen) atoms. The third-order valence-electron chi connectivity index (χ3n) is 7.61. The summed E-state index contributed by atoms with van der Waals surface area (Å²) in [5, 5.41) is 20.0. The molecule has 4 rings (SSSR count). The van der Waals surface area contributed by atoms with E-state index < -0.39 is 5.41 Å². The number of quaternary nitrogens is 1. The van der Waals surface area contributed by atoms with E-state index in [1.54, 1.807) is 0 Å². The van der Waals surface area contributed by atoms with Crippen LogP contribution in [0, 0.1) is 17.2 Å². The summed E-state index contributed by atoms with van der Waals surface area (Å²) < 4.78 is 1.03. The smallest absolute Gasteiger partial charge is 0.107 e. The van der Waals surface area contributed by atoms with Crippen LogP contribution in [0.5, 0.6) is 0 Å². The van der Waals surface area contributed by atoms with Crippen molar-refractivity contribution in [2.45, 2.75) is 49.6 Å². The molecule has 0 aromatic heterocycles. The van der Waals surface area contributed by atoms with E-state index >= 15 is 0 Å². The fraction of sp³-hybridized carbons (Fsp3) is 0.480. The number of benzene rings is 2. The maximum absolute atomic E-state index is 10.5. The van der Waals surface area contributed by atoms with Gasteiger partial charge < -0.3 is 9.59 Å². The minimum absolute atomic E-state index is 0.268. The summed E-state index contributed by atoms with van der Waals surface area (Å²) in [7, 11) is 2.33. The van der Waals surface area contributed by atoms with Crippen molar-refractivity contribution in [2.24, 2.45) is 5.92 Å². The second-order valence-corrected chi connectivity index (χ2v) is 8.97. The predicted molar refractivity (Wildman–Crippen MR) is 112 cm³/mol. The summed E-state index contributed by atoms with van der Waals surface area (Å²) in [5.41, 5.74) is 1.62. The summed E-state index contributed by atoms with van der Waals surface area (Å²) in [4.78, 5) is 0. The summed E-state index contributed by atoms with van der Waals surface area (Å²) in [6.45, 7) is 1.13. The van der Waals surface area contributed by atoms with Gasteiger partial charge in [0.1, 0.15) is 12.0 Å². The Kier molecular flexibility index (Phi) is 5.27. The lowest BCUT2D eigenvalue weighted by atomic mass is 9.67. The summed E-state index contributed by atoms with van der Waals surface area (Å²) >= 11 is 0. The second-order valence-electron chi connectivity index (χ2n) is 8.97. The van der Waals surface area contributed by atoms with E-state index in [0.717, 1.165) is 41.4 Å². The molecule has 0 aliphatic carbocycles. The zero-order valence-electron chi connectivity index (χ0n) is 16.8. The van der Waals surface area contributed by atoms with Crippen LogP contribution in [-0.2, 0) is 5.41 Å². The first-order chi connectivity index (χ1) is 13.6. The van der Waals surface area contributed by atoms with E-state index in [1.165, 1.54) is 12.8 Å². The lowest BCUT2D eigenvalue weighted by Gasteiger charge is -2.48. The molecule has 4 atom stereocenters. The number of hydrogen-bond acceptors (Lipinski definition) is 2. The number of nitriles is 1. The molecule has 0 spiro atoms. The highest BCUT2D eigenvalue weighted by Gasteiger charge is 2.52. The molecule has 146 valence electrons. The van der Waals surface area contributed by atoms with Crippen molar-refractivity contribution < 1.29 is 9.59 Å². The highest BCUT2D eigenvalue weighted by atomic mass is 16.3. The monoisotopic (exact) mass is 375 g/mol. The Balaban J connectivity index is 1.66. The molecule has 2 saturated heterocycles. The van der Waals surface area contributed by atoms with Crippen molar-refractivity contribution in [3.63, 3.8) is 0 Å². The topological polar surface area (TPSA) is 44.0 Å². The molecule has 2 bridgehead atoms. The third-order valence-corrected chi connectivity index (χ3v) is 7.61. The van der Waals surface area contributed by atoms with Crippen molar-refractivity contribution in [2.75, 3.05) is 20.2 Å². The van der Waals surface area contributed by atoms with Crippen LogP contribution < -0.4 is 0 Å². The molecule has 0 saturated carbocycles. The van der Waals surface area contributed by atoms with Crippen molar-refractivity contribution in [1.29, 1.82) is 5.26 Å². The number of hydrogen-bond donors (Lipinski definition) is 1. The van der Waals surface area contributed by atoms with Gasteiger partial charge in [-0.3, -0.25) is 0 Å². The predicted octanol–water partition coefficient (Wildman–Crippen LogP) is 4.27. The molecule has 1 N–H and O–H groups in total. The zero-order valence-corrected chi connectivity index (χ0v) is 16.8. The molecule has 3 heteroatoms. The average Bonchev–Trinajstić information content (AvgIpc) is 2.90. The maximum atomic E-state index is 10.5. The van der Waals surface area contributed by atoms with Gasteiger partial charge in [-0.1, -0.05) is 60.7 Å². The quantitative estimate of drug-likeness (QED) is 0.767. The fourth-order valence-electron chi connectivity index (χ4n) is 6.06. The minimum Gasteiger partial charge on any atom is -0.391 e.